The van der Waals surface area contributed by atoms with Gasteiger partial charge in [-0.2, -0.15) is 0 Å². The van der Waals surface area contributed by atoms with Crippen LogP contribution in [0, 0.1) is 6.92 Å². The molecule has 0 aromatic heterocycles. The molecule has 0 fully saturated rings. The molecule has 38 heavy (non-hydrogen) atoms. The highest BCUT2D eigenvalue weighted by molar-refractivity contribution is 5.81. The standard InChI is InChI=1S/C37H31N/c1-28-12-14-31(15-13-28)34-20-26-37(27-21-34)38(35-22-16-32(17-23-35)29-8-4-2-5-9-29)36-24-18-33(19-25-36)30-10-6-3-7-11-30/h2-6,8-10,12-27H,7,11H2,1H3. The normalized spacial score (nSPS) is 12.7. The predicted molar refractivity (Wildman–Crippen MR) is 163 cm³/mol. The van der Waals surface area contributed by atoms with Crippen molar-refractivity contribution in [2.24, 2.45) is 0 Å². The van der Waals surface area contributed by atoms with Gasteiger partial charge < -0.3 is 4.90 Å². The molecule has 5 aromatic carbocycles. The van der Waals surface area contributed by atoms with Gasteiger partial charge in [0, 0.05) is 17.1 Å². The average Bonchev–Trinajstić information content (AvgIpc) is 3.00. The van der Waals surface area contributed by atoms with E-state index in [-0.39, 0.29) is 0 Å². The summed E-state index contributed by atoms with van der Waals surface area (Å²) in [5.74, 6) is 0. The average molecular weight is 490 g/mol. The van der Waals surface area contributed by atoms with E-state index in [0.717, 1.165) is 29.9 Å². The third kappa shape index (κ3) is 5.10. The molecular weight excluding hydrogens is 458 g/mol. The fraction of sp³-hybridized carbons (Fsp3) is 0.0811. The Morgan fingerprint density at radius 2 is 0.921 bits per heavy atom. The highest BCUT2D eigenvalue weighted by Crippen LogP contribution is 2.37. The molecule has 0 saturated carbocycles. The quantitative estimate of drug-likeness (QED) is 0.229. The zero-order chi connectivity index (χ0) is 25.7. The molecule has 1 nitrogen and oxygen atoms in total. The van der Waals surface area contributed by atoms with E-state index in [1.54, 1.807) is 0 Å². The molecule has 0 radical (unpaired) electrons. The van der Waals surface area contributed by atoms with Gasteiger partial charge in [0.25, 0.3) is 0 Å². The van der Waals surface area contributed by atoms with Crippen LogP contribution in [-0.2, 0) is 0 Å². The number of nitrogens with zero attached hydrogens (tertiary/aromatic N) is 1. The Morgan fingerprint density at radius 1 is 0.474 bits per heavy atom. The number of allylic oxidation sites excluding steroid dienone is 4. The first-order chi connectivity index (χ1) is 18.7. The maximum atomic E-state index is 2.34. The van der Waals surface area contributed by atoms with Gasteiger partial charge in [-0.3, -0.25) is 0 Å². The summed E-state index contributed by atoms with van der Waals surface area (Å²) < 4.78 is 0. The van der Waals surface area contributed by atoms with E-state index in [0.29, 0.717) is 0 Å². The smallest absolute Gasteiger partial charge is 0.0462 e. The van der Waals surface area contributed by atoms with Gasteiger partial charge in [-0.25, -0.2) is 0 Å². The van der Waals surface area contributed by atoms with Crippen LogP contribution in [-0.4, -0.2) is 0 Å². The number of anilines is 3. The molecule has 1 aliphatic carbocycles. The fourth-order valence-corrected chi connectivity index (χ4v) is 5.10. The second-order valence-electron chi connectivity index (χ2n) is 9.87. The van der Waals surface area contributed by atoms with Gasteiger partial charge in [-0.1, -0.05) is 115 Å². The highest BCUT2D eigenvalue weighted by atomic mass is 15.1. The van der Waals surface area contributed by atoms with Gasteiger partial charge in [-0.15, -0.1) is 0 Å². The lowest BCUT2D eigenvalue weighted by Gasteiger charge is -2.26. The Kier molecular flexibility index (Phi) is 6.74. The van der Waals surface area contributed by atoms with Crippen molar-refractivity contribution < 1.29 is 0 Å². The number of benzene rings is 5. The summed E-state index contributed by atoms with van der Waals surface area (Å²) >= 11 is 0. The molecule has 0 aliphatic heterocycles. The molecule has 184 valence electrons. The van der Waals surface area contributed by atoms with Crippen molar-refractivity contribution in [1.29, 1.82) is 0 Å². The molecule has 0 heterocycles. The number of hydrogen-bond acceptors (Lipinski definition) is 1. The van der Waals surface area contributed by atoms with E-state index in [1.807, 2.05) is 0 Å². The molecule has 0 saturated heterocycles. The van der Waals surface area contributed by atoms with E-state index < -0.39 is 0 Å². The molecule has 0 bridgehead atoms. The van der Waals surface area contributed by atoms with Gasteiger partial charge in [-0.05, 0) is 89.6 Å². The minimum Gasteiger partial charge on any atom is -0.311 e. The minimum absolute atomic E-state index is 1.10. The fourth-order valence-electron chi connectivity index (χ4n) is 5.10. The van der Waals surface area contributed by atoms with Crippen molar-refractivity contribution in [1.82, 2.24) is 0 Å². The van der Waals surface area contributed by atoms with Crippen LogP contribution in [0.25, 0.3) is 27.8 Å². The molecule has 1 heteroatoms. The van der Waals surface area contributed by atoms with Crippen molar-refractivity contribution >= 4 is 22.6 Å². The van der Waals surface area contributed by atoms with Crippen molar-refractivity contribution in [3.8, 4) is 22.3 Å². The third-order valence-electron chi connectivity index (χ3n) is 7.25. The van der Waals surface area contributed by atoms with Crippen LogP contribution in [0.4, 0.5) is 17.1 Å². The molecule has 6 rings (SSSR count). The van der Waals surface area contributed by atoms with Crippen LogP contribution in [0.1, 0.15) is 24.0 Å². The van der Waals surface area contributed by atoms with Crippen molar-refractivity contribution in [2.75, 3.05) is 4.90 Å². The zero-order valence-electron chi connectivity index (χ0n) is 21.7. The molecule has 0 atom stereocenters. The van der Waals surface area contributed by atoms with Gasteiger partial charge >= 0.3 is 0 Å². The Hall–Kier alpha value is -4.62. The lowest BCUT2D eigenvalue weighted by Crippen LogP contribution is -2.10. The lowest BCUT2D eigenvalue weighted by atomic mass is 9.97. The van der Waals surface area contributed by atoms with Gasteiger partial charge in [0.15, 0.2) is 0 Å². The second-order valence-corrected chi connectivity index (χ2v) is 9.87. The predicted octanol–water partition coefficient (Wildman–Crippen LogP) is 10.5. The zero-order valence-corrected chi connectivity index (χ0v) is 21.7. The van der Waals surface area contributed by atoms with E-state index in [2.05, 4.69) is 157 Å². The molecular formula is C37H31N. The van der Waals surface area contributed by atoms with E-state index >= 15 is 0 Å². The van der Waals surface area contributed by atoms with Crippen LogP contribution in [0.15, 0.2) is 146 Å². The highest BCUT2D eigenvalue weighted by Gasteiger charge is 2.14. The molecule has 0 N–H and O–H groups in total. The van der Waals surface area contributed by atoms with E-state index in [9.17, 15) is 0 Å². The maximum absolute atomic E-state index is 2.34. The molecule has 1 aliphatic rings. The number of rotatable bonds is 6. The van der Waals surface area contributed by atoms with E-state index in [4.69, 9.17) is 0 Å². The summed E-state index contributed by atoms with van der Waals surface area (Å²) in [6.07, 6.45) is 8.85. The summed E-state index contributed by atoms with van der Waals surface area (Å²) in [6, 6.07) is 46.0. The molecule has 0 unspecified atom stereocenters. The lowest BCUT2D eigenvalue weighted by molar-refractivity contribution is 1.05. The minimum atomic E-state index is 1.10. The SMILES string of the molecule is Cc1ccc(-c2ccc(N(c3ccc(C4=CC=CCC4)cc3)c3ccc(-c4ccccc4)cc3)cc2)cc1. The Labute approximate surface area is 226 Å². The van der Waals surface area contributed by atoms with Crippen LogP contribution >= 0.6 is 0 Å². The van der Waals surface area contributed by atoms with Crippen molar-refractivity contribution in [2.45, 2.75) is 19.8 Å². The molecule has 5 aromatic rings. The summed E-state index contributed by atoms with van der Waals surface area (Å²) in [5, 5.41) is 0. The summed E-state index contributed by atoms with van der Waals surface area (Å²) in [5.41, 5.74) is 12.3. The van der Waals surface area contributed by atoms with Crippen LogP contribution in [0.2, 0.25) is 0 Å². The summed E-state index contributed by atoms with van der Waals surface area (Å²) in [7, 11) is 0. The third-order valence-corrected chi connectivity index (χ3v) is 7.25. The first-order valence-corrected chi connectivity index (χ1v) is 13.3. The van der Waals surface area contributed by atoms with E-state index in [1.165, 1.54) is 39.0 Å². The number of hydrogen-bond donors (Lipinski definition) is 0. The Bertz CT molecular complexity index is 1560. The molecule has 0 spiro atoms. The first kappa shape index (κ1) is 23.8. The van der Waals surface area contributed by atoms with Gasteiger partial charge in [0.2, 0.25) is 0 Å². The summed E-state index contributed by atoms with van der Waals surface area (Å²) in [6.45, 7) is 2.13. The second kappa shape index (κ2) is 10.8. The number of aryl methyl sites for hydroxylation is 1. The van der Waals surface area contributed by atoms with Crippen molar-refractivity contribution in [3.63, 3.8) is 0 Å². The maximum Gasteiger partial charge on any atom is 0.0462 e. The monoisotopic (exact) mass is 489 g/mol. The summed E-state index contributed by atoms with van der Waals surface area (Å²) in [4.78, 5) is 2.34. The Morgan fingerprint density at radius 3 is 1.39 bits per heavy atom. The molecule has 0 amide bonds. The largest absolute Gasteiger partial charge is 0.311 e. The first-order valence-electron chi connectivity index (χ1n) is 13.3. The topological polar surface area (TPSA) is 3.24 Å². The van der Waals surface area contributed by atoms with Crippen LogP contribution in [0.3, 0.4) is 0 Å². The van der Waals surface area contributed by atoms with Crippen LogP contribution < -0.4 is 4.90 Å². The van der Waals surface area contributed by atoms with Gasteiger partial charge in [0.1, 0.15) is 0 Å². The van der Waals surface area contributed by atoms with Crippen LogP contribution in [0.5, 0.6) is 0 Å². The van der Waals surface area contributed by atoms with Gasteiger partial charge in [0.05, 0.1) is 0 Å². The Balaban J connectivity index is 1.37. The van der Waals surface area contributed by atoms with Crippen molar-refractivity contribution in [3.05, 3.63) is 157 Å².